The molecule has 0 saturated carbocycles. The van der Waals surface area contributed by atoms with Gasteiger partial charge < -0.3 is 15.1 Å². The Bertz CT molecular complexity index is 818. The number of halogens is 2. The molecule has 1 aliphatic rings. The van der Waals surface area contributed by atoms with Gasteiger partial charge in [-0.25, -0.2) is 0 Å². The van der Waals surface area contributed by atoms with Crippen LogP contribution < -0.4 is 5.32 Å². The first kappa shape index (κ1) is 22.2. The lowest BCUT2D eigenvalue weighted by molar-refractivity contribution is -0.140. The van der Waals surface area contributed by atoms with Crippen molar-refractivity contribution in [3.05, 3.63) is 52.8 Å². The van der Waals surface area contributed by atoms with E-state index in [-0.39, 0.29) is 24.2 Å². The summed E-state index contributed by atoms with van der Waals surface area (Å²) in [6, 6.07) is 6.92. The lowest BCUT2D eigenvalue weighted by Gasteiger charge is -2.36. The molecule has 9 heteroatoms. The largest absolute Gasteiger partial charge is 0.339 e. The van der Waals surface area contributed by atoms with E-state index < -0.39 is 6.04 Å². The normalized spacial score (nSPS) is 15.1. The second-order valence-corrected chi connectivity index (χ2v) is 7.12. The molecule has 1 N–H and O–H groups in total. The molecule has 152 valence electrons. The highest BCUT2D eigenvalue weighted by atomic mass is 35.5. The van der Waals surface area contributed by atoms with Gasteiger partial charge in [-0.15, -0.1) is 12.4 Å². The predicted octanol–water partition coefficient (Wildman–Crippen LogP) is 1.67. The molecule has 1 atom stereocenters. The number of nitrogens with one attached hydrogen (secondary N) is 1. The average molecular weight is 426 g/mol. The molecule has 0 spiro atoms. The zero-order valence-electron chi connectivity index (χ0n) is 16.0. The van der Waals surface area contributed by atoms with Crippen LogP contribution in [0.2, 0.25) is 5.02 Å². The summed E-state index contributed by atoms with van der Waals surface area (Å²) in [5, 5.41) is 7.83. The number of hydrogen-bond acceptors (Lipinski definition) is 4. The van der Waals surface area contributed by atoms with Crippen molar-refractivity contribution < 1.29 is 9.59 Å². The highest BCUT2D eigenvalue weighted by molar-refractivity contribution is 6.30. The number of piperazine rings is 1. The topological polar surface area (TPSA) is 70.5 Å². The molecule has 1 aromatic carbocycles. The van der Waals surface area contributed by atoms with Gasteiger partial charge in [0.25, 0.3) is 0 Å². The van der Waals surface area contributed by atoms with Crippen molar-refractivity contribution in [3.63, 3.8) is 0 Å². The molecule has 7 nitrogen and oxygen atoms in total. The Morgan fingerprint density at radius 3 is 2.46 bits per heavy atom. The van der Waals surface area contributed by atoms with Gasteiger partial charge in [0.15, 0.2) is 0 Å². The van der Waals surface area contributed by atoms with Crippen molar-refractivity contribution in [1.82, 2.24) is 24.9 Å². The third-order valence-corrected chi connectivity index (χ3v) is 5.02. The number of benzene rings is 1. The standard InChI is InChI=1S/C19H24ClN5O2.ClH/c1-21-18(15-12-22-23(2)13-15)19(27)25-8-6-24(7-9-25)17(26)11-14-4-3-5-16(20)10-14;/h3-5,10,12-13,18,21H,6-9,11H2,1-2H3;1H. The van der Waals surface area contributed by atoms with E-state index in [1.54, 1.807) is 28.9 Å². The number of aromatic nitrogens is 2. The Hall–Kier alpha value is -2.09. The maximum atomic E-state index is 12.9. The quantitative estimate of drug-likeness (QED) is 0.790. The predicted molar refractivity (Wildman–Crippen MR) is 111 cm³/mol. The monoisotopic (exact) mass is 425 g/mol. The Morgan fingerprint density at radius 2 is 1.89 bits per heavy atom. The lowest BCUT2D eigenvalue weighted by atomic mass is 10.1. The summed E-state index contributed by atoms with van der Waals surface area (Å²) in [6.45, 7) is 2.13. The summed E-state index contributed by atoms with van der Waals surface area (Å²) in [5.74, 6) is 0.0641. The van der Waals surface area contributed by atoms with E-state index in [1.807, 2.05) is 36.3 Å². The van der Waals surface area contributed by atoms with Gasteiger partial charge in [0.2, 0.25) is 11.8 Å². The summed E-state index contributed by atoms with van der Waals surface area (Å²) in [7, 11) is 3.59. The number of carbonyl (C=O) groups is 2. The smallest absolute Gasteiger partial charge is 0.244 e. The molecule has 2 aromatic rings. The third kappa shape index (κ3) is 5.25. The molecule has 1 aliphatic heterocycles. The van der Waals surface area contributed by atoms with Gasteiger partial charge in [-0.2, -0.15) is 5.10 Å². The van der Waals surface area contributed by atoms with E-state index in [0.717, 1.165) is 11.1 Å². The van der Waals surface area contributed by atoms with Crippen LogP contribution in [0.15, 0.2) is 36.7 Å². The van der Waals surface area contributed by atoms with Crippen LogP contribution >= 0.6 is 24.0 Å². The molecule has 1 fully saturated rings. The first-order valence-electron chi connectivity index (χ1n) is 8.94. The highest BCUT2D eigenvalue weighted by Crippen LogP contribution is 2.17. The summed E-state index contributed by atoms with van der Waals surface area (Å²) in [6.07, 6.45) is 3.86. The van der Waals surface area contributed by atoms with Crippen LogP contribution in [0.1, 0.15) is 17.2 Å². The Kier molecular flexibility index (Phi) is 7.86. The lowest BCUT2D eigenvalue weighted by Crippen LogP contribution is -2.53. The molecular formula is C19H25Cl2N5O2. The minimum Gasteiger partial charge on any atom is -0.339 e. The van der Waals surface area contributed by atoms with Crippen molar-refractivity contribution in [2.45, 2.75) is 12.5 Å². The highest BCUT2D eigenvalue weighted by Gasteiger charge is 2.29. The van der Waals surface area contributed by atoms with Crippen LogP contribution in [-0.2, 0) is 23.1 Å². The van der Waals surface area contributed by atoms with Crippen molar-refractivity contribution >= 4 is 35.8 Å². The van der Waals surface area contributed by atoms with Crippen molar-refractivity contribution in [2.24, 2.45) is 7.05 Å². The summed E-state index contributed by atoms with van der Waals surface area (Å²) < 4.78 is 1.68. The molecule has 0 bridgehead atoms. The van der Waals surface area contributed by atoms with E-state index in [0.29, 0.717) is 37.6 Å². The van der Waals surface area contributed by atoms with Crippen LogP contribution in [0.3, 0.4) is 0 Å². The van der Waals surface area contributed by atoms with Gasteiger partial charge in [-0.3, -0.25) is 14.3 Å². The second-order valence-electron chi connectivity index (χ2n) is 6.68. The van der Waals surface area contributed by atoms with E-state index in [1.165, 1.54) is 0 Å². The Labute approximate surface area is 176 Å². The number of amides is 2. The fourth-order valence-electron chi connectivity index (χ4n) is 3.31. The van der Waals surface area contributed by atoms with Gasteiger partial charge >= 0.3 is 0 Å². The van der Waals surface area contributed by atoms with Crippen molar-refractivity contribution in [2.75, 3.05) is 33.2 Å². The number of nitrogens with zero attached hydrogens (tertiary/aromatic N) is 4. The molecule has 2 heterocycles. The minimum absolute atomic E-state index is 0. The zero-order chi connectivity index (χ0) is 19.4. The van der Waals surface area contributed by atoms with Crippen molar-refractivity contribution in [1.29, 1.82) is 0 Å². The number of aryl methyl sites for hydroxylation is 1. The van der Waals surface area contributed by atoms with Gasteiger partial charge in [0.05, 0.1) is 12.6 Å². The number of carbonyl (C=O) groups excluding carboxylic acids is 2. The summed E-state index contributed by atoms with van der Waals surface area (Å²) >= 11 is 5.98. The summed E-state index contributed by atoms with van der Waals surface area (Å²) in [5.41, 5.74) is 1.74. The number of likely N-dealkylation sites (N-methyl/N-ethyl adjacent to an activating group) is 1. The first-order valence-corrected chi connectivity index (χ1v) is 9.32. The molecule has 2 amide bonds. The van der Waals surface area contributed by atoms with Gasteiger partial charge in [-0.05, 0) is 24.7 Å². The molecule has 28 heavy (non-hydrogen) atoms. The van der Waals surface area contributed by atoms with Gasteiger partial charge in [-0.1, -0.05) is 23.7 Å². The first-order chi connectivity index (χ1) is 13.0. The SMILES string of the molecule is CNC(C(=O)N1CCN(C(=O)Cc2cccc(Cl)c2)CC1)c1cnn(C)c1.Cl. The molecule has 1 unspecified atom stereocenters. The maximum absolute atomic E-state index is 12.9. The van der Waals surface area contributed by atoms with E-state index in [4.69, 9.17) is 11.6 Å². The molecule has 3 rings (SSSR count). The van der Waals surface area contributed by atoms with E-state index in [9.17, 15) is 9.59 Å². The van der Waals surface area contributed by atoms with Crippen LogP contribution in [0.5, 0.6) is 0 Å². The van der Waals surface area contributed by atoms with E-state index >= 15 is 0 Å². The average Bonchev–Trinajstić information content (AvgIpc) is 3.08. The van der Waals surface area contributed by atoms with Gasteiger partial charge in [0, 0.05) is 50.0 Å². The van der Waals surface area contributed by atoms with Crippen molar-refractivity contribution in [3.8, 4) is 0 Å². The van der Waals surface area contributed by atoms with Crippen LogP contribution in [0, 0.1) is 0 Å². The summed E-state index contributed by atoms with van der Waals surface area (Å²) in [4.78, 5) is 29.0. The molecular weight excluding hydrogens is 401 g/mol. The van der Waals surface area contributed by atoms with Crippen LogP contribution in [0.25, 0.3) is 0 Å². The maximum Gasteiger partial charge on any atom is 0.244 e. The number of rotatable bonds is 5. The van der Waals surface area contributed by atoms with Gasteiger partial charge in [0.1, 0.15) is 6.04 Å². The van der Waals surface area contributed by atoms with E-state index in [2.05, 4.69) is 10.4 Å². The van der Waals surface area contributed by atoms with Crippen LogP contribution in [-0.4, -0.2) is 64.6 Å². The second kappa shape index (κ2) is 9.91. The molecule has 0 aliphatic carbocycles. The third-order valence-electron chi connectivity index (χ3n) is 4.78. The number of hydrogen-bond donors (Lipinski definition) is 1. The molecule has 1 aromatic heterocycles. The molecule has 0 radical (unpaired) electrons. The minimum atomic E-state index is -0.424. The fourth-order valence-corrected chi connectivity index (χ4v) is 3.53. The Morgan fingerprint density at radius 1 is 1.21 bits per heavy atom. The fraction of sp³-hybridized carbons (Fsp3) is 0.421. The van der Waals surface area contributed by atoms with Crippen LogP contribution in [0.4, 0.5) is 0 Å². The zero-order valence-corrected chi connectivity index (χ0v) is 17.5. The Balaban J connectivity index is 0.00000280. The molecule has 1 saturated heterocycles.